The van der Waals surface area contributed by atoms with E-state index in [0.29, 0.717) is 5.56 Å². The van der Waals surface area contributed by atoms with E-state index in [1.54, 1.807) is 0 Å². The van der Waals surface area contributed by atoms with Crippen LogP contribution in [0.15, 0.2) is 18.5 Å². The molecule has 0 fully saturated rings. The number of likely N-dealkylation sites (N-methyl/N-ethyl adjacent to an activating group) is 1. The first-order valence-electron chi connectivity index (χ1n) is 4.48. The van der Waals surface area contributed by atoms with Crippen LogP contribution in [0.1, 0.15) is 10.4 Å². The fourth-order valence-electron chi connectivity index (χ4n) is 1.08. The van der Waals surface area contributed by atoms with Crippen molar-refractivity contribution in [3.63, 3.8) is 0 Å². The number of pyridine rings is 1. The van der Waals surface area contributed by atoms with Crippen molar-refractivity contribution in [2.45, 2.75) is 0 Å². The number of rotatable bonds is 3. The van der Waals surface area contributed by atoms with Gasteiger partial charge in [-0.25, -0.2) is 0 Å². The Morgan fingerprint density at radius 2 is 2.25 bits per heavy atom. The Hall–Kier alpha value is -1.62. The molecule has 16 heavy (non-hydrogen) atoms. The van der Waals surface area contributed by atoms with Crippen molar-refractivity contribution in [3.8, 4) is 0 Å². The smallest absolute Gasteiger partial charge is 0.325 e. The van der Waals surface area contributed by atoms with Crippen molar-refractivity contribution in [2.75, 3.05) is 20.7 Å². The molecule has 0 aliphatic heterocycles. The maximum atomic E-state index is 11.8. The molecular formula is C10H11ClN2O3. The van der Waals surface area contributed by atoms with Gasteiger partial charge in [-0.3, -0.25) is 14.6 Å². The third-order valence-corrected chi connectivity index (χ3v) is 2.24. The molecule has 1 heterocycles. The number of carbonyl (C=O) groups excluding carboxylic acids is 2. The summed E-state index contributed by atoms with van der Waals surface area (Å²) in [6.07, 6.45) is 2.84. The highest BCUT2D eigenvalue weighted by molar-refractivity contribution is 6.33. The quantitative estimate of drug-likeness (QED) is 0.742. The van der Waals surface area contributed by atoms with Crippen LogP contribution in [0.25, 0.3) is 0 Å². The Bertz CT molecular complexity index is 409. The molecule has 0 unspecified atom stereocenters. The van der Waals surface area contributed by atoms with E-state index in [2.05, 4.69) is 9.72 Å². The van der Waals surface area contributed by atoms with Crippen LogP contribution in [-0.4, -0.2) is 42.5 Å². The van der Waals surface area contributed by atoms with Crippen LogP contribution >= 0.6 is 11.6 Å². The molecule has 1 rings (SSSR count). The zero-order valence-corrected chi connectivity index (χ0v) is 9.69. The van der Waals surface area contributed by atoms with E-state index in [4.69, 9.17) is 11.6 Å². The van der Waals surface area contributed by atoms with Crippen LogP contribution in [0.5, 0.6) is 0 Å². The van der Waals surface area contributed by atoms with Crippen molar-refractivity contribution >= 4 is 23.5 Å². The summed E-state index contributed by atoms with van der Waals surface area (Å²) in [5, 5.41) is 0.254. The maximum Gasteiger partial charge on any atom is 0.325 e. The second-order valence-corrected chi connectivity index (χ2v) is 3.50. The molecular weight excluding hydrogens is 232 g/mol. The van der Waals surface area contributed by atoms with Crippen LogP contribution in [0.3, 0.4) is 0 Å². The first kappa shape index (κ1) is 12.4. The molecule has 0 saturated heterocycles. The topological polar surface area (TPSA) is 59.5 Å². The highest BCUT2D eigenvalue weighted by atomic mass is 35.5. The van der Waals surface area contributed by atoms with Crippen molar-refractivity contribution in [1.82, 2.24) is 9.88 Å². The van der Waals surface area contributed by atoms with Gasteiger partial charge in [0.05, 0.1) is 17.7 Å². The Labute approximate surface area is 98.0 Å². The van der Waals surface area contributed by atoms with Gasteiger partial charge in [0.1, 0.15) is 6.54 Å². The van der Waals surface area contributed by atoms with Crippen LogP contribution in [0.2, 0.25) is 5.02 Å². The van der Waals surface area contributed by atoms with Crippen molar-refractivity contribution in [1.29, 1.82) is 0 Å². The molecule has 1 amide bonds. The third kappa shape index (κ3) is 2.93. The van der Waals surface area contributed by atoms with Crippen molar-refractivity contribution in [2.24, 2.45) is 0 Å². The number of hydrogen-bond donors (Lipinski definition) is 0. The number of carbonyl (C=O) groups is 2. The molecule has 0 spiro atoms. The maximum absolute atomic E-state index is 11.8. The molecule has 0 N–H and O–H groups in total. The molecule has 0 radical (unpaired) electrons. The lowest BCUT2D eigenvalue weighted by Gasteiger charge is -2.15. The minimum atomic E-state index is -0.485. The minimum absolute atomic E-state index is 0.117. The first-order valence-corrected chi connectivity index (χ1v) is 4.86. The summed E-state index contributed by atoms with van der Waals surface area (Å²) in [6, 6.07) is 1.50. The van der Waals surface area contributed by atoms with E-state index >= 15 is 0 Å². The Morgan fingerprint density at radius 3 is 2.81 bits per heavy atom. The van der Waals surface area contributed by atoms with E-state index in [-0.39, 0.29) is 17.5 Å². The molecule has 6 heteroatoms. The van der Waals surface area contributed by atoms with Gasteiger partial charge >= 0.3 is 5.97 Å². The molecule has 86 valence electrons. The predicted molar refractivity (Wildman–Crippen MR) is 58.2 cm³/mol. The lowest BCUT2D eigenvalue weighted by Crippen LogP contribution is -2.32. The molecule has 0 aliphatic rings. The molecule has 0 saturated carbocycles. The molecule has 1 aromatic heterocycles. The summed E-state index contributed by atoms with van der Waals surface area (Å²) in [5.74, 6) is -0.834. The Morgan fingerprint density at radius 1 is 1.56 bits per heavy atom. The number of methoxy groups -OCH3 is 1. The number of halogens is 1. The SMILES string of the molecule is COC(=O)CN(C)C(=O)c1ccncc1Cl. The van der Waals surface area contributed by atoms with E-state index in [1.807, 2.05) is 0 Å². The lowest BCUT2D eigenvalue weighted by molar-refractivity contribution is -0.141. The Balaban J connectivity index is 2.79. The average Bonchev–Trinajstić information content (AvgIpc) is 2.28. The van der Waals surface area contributed by atoms with Gasteiger partial charge < -0.3 is 9.64 Å². The van der Waals surface area contributed by atoms with Gasteiger partial charge in [-0.15, -0.1) is 0 Å². The fraction of sp³-hybridized carbons (Fsp3) is 0.300. The van der Waals surface area contributed by atoms with E-state index in [0.717, 1.165) is 0 Å². The lowest BCUT2D eigenvalue weighted by atomic mass is 10.2. The number of amides is 1. The minimum Gasteiger partial charge on any atom is -0.468 e. The summed E-state index contributed by atoms with van der Waals surface area (Å²) in [7, 11) is 2.76. The molecule has 1 aromatic rings. The average molecular weight is 243 g/mol. The van der Waals surface area contributed by atoms with Gasteiger partial charge in [0.2, 0.25) is 0 Å². The molecule has 0 aliphatic carbocycles. The van der Waals surface area contributed by atoms with Gasteiger partial charge in [-0.05, 0) is 6.07 Å². The molecule has 0 aromatic carbocycles. The normalized spacial score (nSPS) is 9.69. The van der Waals surface area contributed by atoms with Crippen molar-refractivity contribution in [3.05, 3.63) is 29.0 Å². The molecule has 0 atom stereocenters. The van der Waals surface area contributed by atoms with E-state index in [1.165, 1.54) is 37.5 Å². The standard InChI is InChI=1S/C10H11ClN2O3/c1-13(6-9(14)16-2)10(15)7-3-4-12-5-8(7)11/h3-5H,6H2,1-2H3. The van der Waals surface area contributed by atoms with Gasteiger partial charge in [-0.2, -0.15) is 0 Å². The second-order valence-electron chi connectivity index (χ2n) is 3.09. The summed E-state index contributed by atoms with van der Waals surface area (Å²) >= 11 is 5.81. The predicted octanol–water partition coefficient (Wildman–Crippen LogP) is 0.980. The third-order valence-electron chi connectivity index (χ3n) is 1.94. The number of nitrogens with zero attached hydrogens (tertiary/aromatic N) is 2. The van der Waals surface area contributed by atoms with Gasteiger partial charge in [0.25, 0.3) is 5.91 Å². The number of ether oxygens (including phenoxy) is 1. The largest absolute Gasteiger partial charge is 0.468 e. The molecule has 5 nitrogen and oxygen atoms in total. The zero-order valence-electron chi connectivity index (χ0n) is 8.94. The van der Waals surface area contributed by atoms with Crippen LogP contribution in [0, 0.1) is 0 Å². The van der Waals surface area contributed by atoms with Crippen LogP contribution in [-0.2, 0) is 9.53 Å². The fourth-order valence-corrected chi connectivity index (χ4v) is 1.28. The number of aromatic nitrogens is 1. The van der Waals surface area contributed by atoms with Gasteiger partial charge in [-0.1, -0.05) is 11.6 Å². The molecule has 0 bridgehead atoms. The second kappa shape index (κ2) is 5.46. The van der Waals surface area contributed by atoms with E-state index in [9.17, 15) is 9.59 Å². The van der Waals surface area contributed by atoms with Gasteiger partial charge in [0, 0.05) is 19.4 Å². The zero-order chi connectivity index (χ0) is 12.1. The summed E-state index contributed by atoms with van der Waals surface area (Å²) in [4.78, 5) is 27.8. The van der Waals surface area contributed by atoms with Crippen molar-refractivity contribution < 1.29 is 14.3 Å². The number of esters is 1. The first-order chi connectivity index (χ1) is 7.56. The van der Waals surface area contributed by atoms with Crippen LogP contribution < -0.4 is 0 Å². The summed E-state index contributed by atoms with van der Waals surface area (Å²) < 4.78 is 4.46. The van der Waals surface area contributed by atoms with E-state index < -0.39 is 5.97 Å². The summed E-state index contributed by atoms with van der Waals surface area (Å²) in [5.41, 5.74) is 0.308. The summed E-state index contributed by atoms with van der Waals surface area (Å²) in [6.45, 7) is -0.117. The highest BCUT2D eigenvalue weighted by Crippen LogP contribution is 2.14. The Kier molecular flexibility index (Phi) is 4.25. The number of hydrogen-bond acceptors (Lipinski definition) is 4. The van der Waals surface area contributed by atoms with Gasteiger partial charge in [0.15, 0.2) is 0 Å². The monoisotopic (exact) mass is 242 g/mol. The highest BCUT2D eigenvalue weighted by Gasteiger charge is 2.17. The van der Waals surface area contributed by atoms with Crippen LogP contribution in [0.4, 0.5) is 0 Å².